The standard InChI is InChI=1S/C9H9NO3S/c1-6(11)7-3-4-9(14-2)8(5-7)10(12)13/h3-5H,1-2H3. The first-order valence-corrected chi connectivity index (χ1v) is 5.12. The molecule has 74 valence electrons. The van der Waals surface area contributed by atoms with Crippen LogP contribution < -0.4 is 0 Å². The molecule has 1 aromatic rings. The van der Waals surface area contributed by atoms with Crippen LogP contribution in [0.5, 0.6) is 0 Å². The second-order valence-electron chi connectivity index (χ2n) is 2.70. The first kappa shape index (κ1) is 10.7. The fourth-order valence-corrected chi connectivity index (χ4v) is 1.60. The van der Waals surface area contributed by atoms with Crippen molar-refractivity contribution in [1.82, 2.24) is 0 Å². The first-order valence-electron chi connectivity index (χ1n) is 3.89. The summed E-state index contributed by atoms with van der Waals surface area (Å²) in [7, 11) is 0. The summed E-state index contributed by atoms with van der Waals surface area (Å²) in [5.41, 5.74) is 0.361. The number of ketones is 1. The highest BCUT2D eigenvalue weighted by Crippen LogP contribution is 2.28. The summed E-state index contributed by atoms with van der Waals surface area (Å²) in [4.78, 5) is 21.7. The minimum absolute atomic E-state index is 0.00907. The van der Waals surface area contributed by atoms with Crippen LogP contribution in [0.1, 0.15) is 17.3 Å². The van der Waals surface area contributed by atoms with E-state index in [9.17, 15) is 14.9 Å². The third-order valence-electron chi connectivity index (χ3n) is 1.78. The Morgan fingerprint density at radius 1 is 1.50 bits per heavy atom. The highest BCUT2D eigenvalue weighted by Gasteiger charge is 2.14. The number of thioether (sulfide) groups is 1. The molecule has 0 N–H and O–H groups in total. The fourth-order valence-electron chi connectivity index (χ4n) is 1.05. The molecule has 0 aliphatic rings. The van der Waals surface area contributed by atoms with Gasteiger partial charge in [0.05, 0.1) is 9.82 Å². The van der Waals surface area contributed by atoms with Crippen molar-refractivity contribution in [3.63, 3.8) is 0 Å². The zero-order valence-electron chi connectivity index (χ0n) is 7.81. The van der Waals surface area contributed by atoms with E-state index in [1.807, 2.05) is 0 Å². The SMILES string of the molecule is CSc1ccc(C(C)=O)cc1[N+](=O)[O-]. The van der Waals surface area contributed by atoms with Crippen LogP contribution in [-0.2, 0) is 0 Å². The van der Waals surface area contributed by atoms with Gasteiger partial charge in [0.1, 0.15) is 0 Å². The zero-order valence-corrected chi connectivity index (χ0v) is 8.63. The maximum absolute atomic E-state index is 11.0. The van der Waals surface area contributed by atoms with Gasteiger partial charge in [0, 0.05) is 11.6 Å². The summed E-state index contributed by atoms with van der Waals surface area (Å²) in [6, 6.07) is 4.51. The number of nitro groups is 1. The largest absolute Gasteiger partial charge is 0.295 e. The van der Waals surface area contributed by atoms with E-state index in [4.69, 9.17) is 0 Å². The number of rotatable bonds is 3. The van der Waals surface area contributed by atoms with Crippen LogP contribution in [0.4, 0.5) is 5.69 Å². The molecule has 1 rings (SSSR count). The number of hydrogen-bond acceptors (Lipinski definition) is 4. The van der Waals surface area contributed by atoms with Gasteiger partial charge in [-0.25, -0.2) is 0 Å². The van der Waals surface area contributed by atoms with E-state index in [-0.39, 0.29) is 11.5 Å². The molecule has 0 unspecified atom stereocenters. The Hall–Kier alpha value is -1.36. The van der Waals surface area contributed by atoms with E-state index in [2.05, 4.69) is 0 Å². The van der Waals surface area contributed by atoms with Crippen LogP contribution >= 0.6 is 11.8 Å². The third-order valence-corrected chi connectivity index (χ3v) is 2.57. The molecule has 0 aromatic heterocycles. The van der Waals surface area contributed by atoms with Crippen LogP contribution in [0, 0.1) is 10.1 Å². The lowest BCUT2D eigenvalue weighted by atomic mass is 10.1. The van der Waals surface area contributed by atoms with Crippen molar-refractivity contribution in [2.24, 2.45) is 0 Å². The topological polar surface area (TPSA) is 60.2 Å². The van der Waals surface area contributed by atoms with Crippen molar-refractivity contribution >= 4 is 23.2 Å². The van der Waals surface area contributed by atoms with E-state index in [0.717, 1.165) is 0 Å². The molecular weight excluding hydrogens is 202 g/mol. The van der Waals surface area contributed by atoms with Gasteiger partial charge < -0.3 is 0 Å². The Morgan fingerprint density at radius 3 is 2.57 bits per heavy atom. The molecule has 0 amide bonds. The second-order valence-corrected chi connectivity index (χ2v) is 3.55. The van der Waals surface area contributed by atoms with Gasteiger partial charge in [0.2, 0.25) is 0 Å². The molecule has 0 bridgehead atoms. The number of carbonyl (C=O) groups excluding carboxylic acids is 1. The van der Waals surface area contributed by atoms with E-state index in [0.29, 0.717) is 10.5 Å². The number of carbonyl (C=O) groups is 1. The van der Waals surface area contributed by atoms with Crippen LogP contribution in [0.3, 0.4) is 0 Å². The minimum atomic E-state index is -0.474. The molecule has 1 aromatic carbocycles. The monoisotopic (exact) mass is 211 g/mol. The van der Waals surface area contributed by atoms with Gasteiger partial charge in [0.15, 0.2) is 5.78 Å². The Balaban J connectivity index is 3.27. The molecule has 0 spiro atoms. The quantitative estimate of drug-likeness (QED) is 0.333. The Bertz CT molecular complexity index is 390. The second kappa shape index (κ2) is 4.23. The van der Waals surface area contributed by atoms with Crippen LogP contribution in [0.25, 0.3) is 0 Å². The molecule has 0 fully saturated rings. The summed E-state index contributed by atoms with van der Waals surface area (Å²) < 4.78 is 0. The summed E-state index contributed by atoms with van der Waals surface area (Å²) in [6.07, 6.45) is 1.76. The molecule has 0 aliphatic heterocycles. The van der Waals surface area contributed by atoms with E-state index in [1.54, 1.807) is 18.4 Å². The summed E-state index contributed by atoms with van der Waals surface area (Å²) in [5.74, 6) is -0.166. The van der Waals surface area contributed by atoms with Gasteiger partial charge in [-0.05, 0) is 25.3 Å². The molecule has 0 saturated heterocycles. The highest BCUT2D eigenvalue weighted by atomic mass is 32.2. The average Bonchev–Trinajstić information content (AvgIpc) is 2.16. The third kappa shape index (κ3) is 2.11. The van der Waals surface area contributed by atoms with Crippen molar-refractivity contribution in [3.8, 4) is 0 Å². The summed E-state index contributed by atoms with van der Waals surface area (Å²) >= 11 is 1.29. The molecule has 0 radical (unpaired) electrons. The van der Waals surface area contributed by atoms with Crippen LogP contribution in [-0.4, -0.2) is 17.0 Å². The van der Waals surface area contributed by atoms with E-state index < -0.39 is 4.92 Å². The predicted octanol–water partition coefficient (Wildman–Crippen LogP) is 2.52. The van der Waals surface area contributed by atoms with E-state index in [1.165, 1.54) is 24.8 Å². The molecule has 0 saturated carbocycles. The normalized spacial score (nSPS) is 9.86. The lowest BCUT2D eigenvalue weighted by Crippen LogP contribution is -1.96. The molecular formula is C9H9NO3S. The van der Waals surface area contributed by atoms with Gasteiger partial charge in [-0.15, -0.1) is 11.8 Å². The minimum Gasteiger partial charge on any atom is -0.295 e. The molecule has 4 nitrogen and oxygen atoms in total. The molecule has 5 heteroatoms. The van der Waals surface area contributed by atoms with E-state index >= 15 is 0 Å². The maximum atomic E-state index is 11.0. The van der Waals surface area contributed by atoms with Crippen molar-refractivity contribution in [3.05, 3.63) is 33.9 Å². The molecule has 14 heavy (non-hydrogen) atoms. The van der Waals surface area contributed by atoms with Crippen LogP contribution in [0.2, 0.25) is 0 Å². The Kier molecular flexibility index (Phi) is 3.24. The number of nitro benzene ring substituents is 1. The highest BCUT2D eigenvalue weighted by molar-refractivity contribution is 7.98. The predicted molar refractivity (Wildman–Crippen MR) is 54.9 cm³/mol. The van der Waals surface area contributed by atoms with Gasteiger partial charge in [-0.3, -0.25) is 14.9 Å². The summed E-state index contributed by atoms with van der Waals surface area (Å²) in [6.45, 7) is 1.39. The number of hydrogen-bond donors (Lipinski definition) is 0. The Labute approximate surface area is 85.5 Å². The molecule has 0 atom stereocenters. The van der Waals surface area contributed by atoms with Crippen molar-refractivity contribution in [2.75, 3.05) is 6.26 Å². The smallest absolute Gasteiger partial charge is 0.283 e. The lowest BCUT2D eigenvalue weighted by molar-refractivity contribution is -0.387. The number of benzene rings is 1. The molecule has 0 aliphatic carbocycles. The van der Waals surface area contributed by atoms with Crippen molar-refractivity contribution in [2.45, 2.75) is 11.8 Å². The summed E-state index contributed by atoms with van der Waals surface area (Å²) in [5, 5.41) is 10.6. The maximum Gasteiger partial charge on any atom is 0.283 e. The Morgan fingerprint density at radius 2 is 2.14 bits per heavy atom. The van der Waals surface area contributed by atoms with Crippen molar-refractivity contribution in [1.29, 1.82) is 0 Å². The van der Waals surface area contributed by atoms with Crippen molar-refractivity contribution < 1.29 is 9.72 Å². The number of Topliss-reactive ketones (excluding diaryl/α,β-unsaturated/α-hetero) is 1. The van der Waals surface area contributed by atoms with Gasteiger partial charge in [0.25, 0.3) is 5.69 Å². The van der Waals surface area contributed by atoms with Gasteiger partial charge in [-0.1, -0.05) is 0 Å². The fraction of sp³-hybridized carbons (Fsp3) is 0.222. The zero-order chi connectivity index (χ0) is 10.7. The van der Waals surface area contributed by atoms with Gasteiger partial charge >= 0.3 is 0 Å². The molecule has 0 heterocycles. The first-order chi connectivity index (χ1) is 6.56. The average molecular weight is 211 g/mol. The van der Waals surface area contributed by atoms with Gasteiger partial charge in [-0.2, -0.15) is 0 Å². The van der Waals surface area contributed by atoms with Crippen LogP contribution in [0.15, 0.2) is 23.1 Å². The lowest BCUT2D eigenvalue weighted by Gasteiger charge is -2.00. The number of nitrogens with zero attached hydrogens (tertiary/aromatic N) is 1.